The fourth-order valence-corrected chi connectivity index (χ4v) is 3.63. The Morgan fingerprint density at radius 1 is 1.24 bits per heavy atom. The maximum Gasteiger partial charge on any atom is 0.124 e. The smallest absolute Gasteiger partial charge is 0.124 e. The van der Waals surface area contributed by atoms with E-state index in [0.29, 0.717) is 6.61 Å². The van der Waals surface area contributed by atoms with Gasteiger partial charge in [0.1, 0.15) is 12.4 Å². The second kappa shape index (κ2) is 6.18. The average molecular weight is 362 g/mol. The number of nitrogens with two attached hydrogens (primary N) is 1. The van der Waals surface area contributed by atoms with Gasteiger partial charge in [0.2, 0.25) is 0 Å². The average Bonchev–Trinajstić information content (AvgIpc) is 2.89. The summed E-state index contributed by atoms with van der Waals surface area (Å²) in [6.07, 6.45) is 0. The topological polar surface area (TPSA) is 35.2 Å². The number of thiophene rings is 1. The quantitative estimate of drug-likeness (QED) is 0.687. The van der Waals surface area contributed by atoms with Crippen molar-refractivity contribution in [2.24, 2.45) is 5.73 Å². The van der Waals surface area contributed by atoms with Gasteiger partial charge in [0.15, 0.2) is 0 Å². The lowest BCUT2D eigenvalue weighted by molar-refractivity contribution is 0.303. The highest BCUT2D eigenvalue weighted by Gasteiger charge is 2.10. The molecule has 3 aromatic rings. The van der Waals surface area contributed by atoms with Crippen LogP contribution in [0.1, 0.15) is 24.1 Å². The molecular formula is C17H16BrNOS. The zero-order chi connectivity index (χ0) is 14.8. The molecule has 0 saturated heterocycles. The summed E-state index contributed by atoms with van der Waals surface area (Å²) < 4.78 is 8.32. The van der Waals surface area contributed by atoms with Crippen molar-refractivity contribution < 1.29 is 4.74 Å². The van der Waals surface area contributed by atoms with Gasteiger partial charge in [-0.05, 0) is 42.0 Å². The summed E-state index contributed by atoms with van der Waals surface area (Å²) in [5.74, 6) is 0.850. The van der Waals surface area contributed by atoms with Crippen LogP contribution in [0, 0.1) is 0 Å². The molecule has 3 rings (SSSR count). The summed E-state index contributed by atoms with van der Waals surface area (Å²) in [6, 6.07) is 14.3. The van der Waals surface area contributed by atoms with Crippen LogP contribution in [0.15, 0.2) is 52.3 Å². The molecule has 1 atom stereocenters. The van der Waals surface area contributed by atoms with E-state index in [0.717, 1.165) is 15.8 Å². The third-order valence-corrected chi connectivity index (χ3v) is 4.91. The highest BCUT2D eigenvalue weighted by atomic mass is 79.9. The second-order valence-electron chi connectivity index (χ2n) is 5.02. The Bertz CT molecular complexity index is 766. The van der Waals surface area contributed by atoms with Crippen molar-refractivity contribution in [3.05, 3.63) is 63.4 Å². The number of halogens is 1. The molecule has 0 spiro atoms. The number of rotatable bonds is 4. The Labute approximate surface area is 136 Å². The first-order chi connectivity index (χ1) is 10.1. The molecular weight excluding hydrogens is 346 g/mol. The number of benzene rings is 2. The Morgan fingerprint density at radius 2 is 2.05 bits per heavy atom. The zero-order valence-electron chi connectivity index (χ0n) is 11.7. The van der Waals surface area contributed by atoms with Crippen LogP contribution < -0.4 is 10.5 Å². The number of hydrogen-bond acceptors (Lipinski definition) is 3. The molecule has 4 heteroatoms. The molecule has 0 aliphatic rings. The minimum Gasteiger partial charge on any atom is -0.489 e. The first-order valence-corrected chi connectivity index (χ1v) is 8.45. The SMILES string of the molecule is C[C@H](N)c1cc(Br)ccc1OCc1csc2ccccc12. The van der Waals surface area contributed by atoms with Gasteiger partial charge in [0, 0.05) is 26.3 Å². The van der Waals surface area contributed by atoms with E-state index in [1.807, 2.05) is 25.1 Å². The van der Waals surface area contributed by atoms with Crippen molar-refractivity contribution in [2.45, 2.75) is 19.6 Å². The molecule has 0 radical (unpaired) electrons. The van der Waals surface area contributed by atoms with Crippen LogP contribution in [0.5, 0.6) is 5.75 Å². The standard InChI is InChI=1S/C17H16BrNOS/c1-11(19)15-8-13(18)6-7-16(15)20-9-12-10-21-17-5-3-2-4-14(12)17/h2-8,10-11H,9,19H2,1H3/t11-/m0/s1. The molecule has 0 saturated carbocycles. The molecule has 108 valence electrons. The summed E-state index contributed by atoms with van der Waals surface area (Å²) >= 11 is 5.23. The highest BCUT2D eigenvalue weighted by molar-refractivity contribution is 9.10. The molecule has 0 fully saturated rings. The first kappa shape index (κ1) is 14.6. The summed E-state index contributed by atoms with van der Waals surface area (Å²) in [7, 11) is 0. The summed E-state index contributed by atoms with van der Waals surface area (Å²) in [4.78, 5) is 0. The predicted molar refractivity (Wildman–Crippen MR) is 92.9 cm³/mol. The van der Waals surface area contributed by atoms with E-state index < -0.39 is 0 Å². The summed E-state index contributed by atoms with van der Waals surface area (Å²) in [5, 5.41) is 3.43. The number of ether oxygens (including phenoxy) is 1. The molecule has 21 heavy (non-hydrogen) atoms. The lowest BCUT2D eigenvalue weighted by Crippen LogP contribution is -2.08. The molecule has 0 aliphatic heterocycles. The fourth-order valence-electron chi connectivity index (χ4n) is 2.31. The van der Waals surface area contributed by atoms with Crippen molar-refractivity contribution >= 4 is 37.4 Å². The molecule has 1 aromatic heterocycles. The van der Waals surface area contributed by atoms with E-state index >= 15 is 0 Å². The van der Waals surface area contributed by atoms with Gasteiger partial charge in [-0.1, -0.05) is 34.1 Å². The minimum absolute atomic E-state index is 0.0586. The molecule has 2 nitrogen and oxygen atoms in total. The molecule has 1 heterocycles. The molecule has 2 N–H and O–H groups in total. The van der Waals surface area contributed by atoms with E-state index in [9.17, 15) is 0 Å². The van der Waals surface area contributed by atoms with Gasteiger partial charge in [-0.2, -0.15) is 0 Å². The predicted octanol–water partition coefficient (Wildman–Crippen LogP) is 5.26. The lowest BCUT2D eigenvalue weighted by Gasteiger charge is -2.14. The third kappa shape index (κ3) is 3.12. The van der Waals surface area contributed by atoms with E-state index in [2.05, 4.69) is 45.6 Å². The van der Waals surface area contributed by atoms with Gasteiger partial charge in [-0.25, -0.2) is 0 Å². The van der Waals surface area contributed by atoms with Crippen LogP contribution in [0.25, 0.3) is 10.1 Å². The Kier molecular flexibility index (Phi) is 4.29. The second-order valence-corrected chi connectivity index (χ2v) is 6.84. The highest BCUT2D eigenvalue weighted by Crippen LogP contribution is 2.30. The van der Waals surface area contributed by atoms with Crippen molar-refractivity contribution in [1.29, 1.82) is 0 Å². The van der Waals surface area contributed by atoms with Crippen LogP contribution in [-0.2, 0) is 6.61 Å². The Hall–Kier alpha value is -1.36. The molecule has 0 unspecified atom stereocenters. The van der Waals surface area contributed by atoms with Crippen molar-refractivity contribution in [2.75, 3.05) is 0 Å². The van der Waals surface area contributed by atoms with Crippen LogP contribution in [0.2, 0.25) is 0 Å². The number of hydrogen-bond donors (Lipinski definition) is 1. The summed E-state index contributed by atoms with van der Waals surface area (Å²) in [5.41, 5.74) is 8.26. The van der Waals surface area contributed by atoms with E-state index in [1.54, 1.807) is 11.3 Å². The zero-order valence-corrected chi connectivity index (χ0v) is 14.1. The normalized spacial score (nSPS) is 12.5. The van der Waals surface area contributed by atoms with E-state index in [1.165, 1.54) is 15.6 Å². The van der Waals surface area contributed by atoms with Crippen LogP contribution >= 0.6 is 27.3 Å². The van der Waals surface area contributed by atoms with Crippen molar-refractivity contribution in [1.82, 2.24) is 0 Å². The third-order valence-electron chi connectivity index (χ3n) is 3.41. The van der Waals surface area contributed by atoms with Crippen LogP contribution in [-0.4, -0.2) is 0 Å². The molecule has 0 bridgehead atoms. The van der Waals surface area contributed by atoms with Gasteiger partial charge in [0.05, 0.1) is 0 Å². The molecule has 2 aromatic carbocycles. The molecule has 0 aliphatic carbocycles. The maximum absolute atomic E-state index is 6.02. The number of fused-ring (bicyclic) bond motifs is 1. The maximum atomic E-state index is 6.02. The molecule has 0 amide bonds. The Balaban J connectivity index is 1.85. The Morgan fingerprint density at radius 3 is 2.86 bits per heavy atom. The van der Waals surface area contributed by atoms with Crippen molar-refractivity contribution in [3.8, 4) is 5.75 Å². The first-order valence-electron chi connectivity index (χ1n) is 6.78. The van der Waals surface area contributed by atoms with Gasteiger partial charge in [-0.15, -0.1) is 11.3 Å². The van der Waals surface area contributed by atoms with Crippen molar-refractivity contribution in [3.63, 3.8) is 0 Å². The van der Waals surface area contributed by atoms with Gasteiger partial charge in [0.25, 0.3) is 0 Å². The summed E-state index contributed by atoms with van der Waals surface area (Å²) in [6.45, 7) is 2.53. The van der Waals surface area contributed by atoms with E-state index in [4.69, 9.17) is 10.5 Å². The monoisotopic (exact) mass is 361 g/mol. The largest absolute Gasteiger partial charge is 0.489 e. The lowest BCUT2D eigenvalue weighted by atomic mass is 10.1. The van der Waals surface area contributed by atoms with Crippen LogP contribution in [0.4, 0.5) is 0 Å². The van der Waals surface area contributed by atoms with E-state index in [-0.39, 0.29) is 6.04 Å². The van der Waals surface area contributed by atoms with Gasteiger partial charge in [-0.3, -0.25) is 0 Å². The minimum atomic E-state index is -0.0586. The fraction of sp³-hybridized carbons (Fsp3) is 0.176. The van der Waals surface area contributed by atoms with Gasteiger partial charge < -0.3 is 10.5 Å². The van der Waals surface area contributed by atoms with Gasteiger partial charge >= 0.3 is 0 Å². The van der Waals surface area contributed by atoms with Crippen LogP contribution in [0.3, 0.4) is 0 Å².